The van der Waals surface area contributed by atoms with Crippen LogP contribution in [0.1, 0.15) is 19.3 Å². The zero-order valence-corrected chi connectivity index (χ0v) is 13.3. The van der Waals surface area contributed by atoms with Crippen LogP contribution < -0.4 is 10.5 Å². The van der Waals surface area contributed by atoms with Gasteiger partial charge < -0.3 is 5.73 Å². The van der Waals surface area contributed by atoms with Gasteiger partial charge >= 0.3 is 10.2 Å². The largest absolute Gasteiger partial charge is 0.329 e. The summed E-state index contributed by atoms with van der Waals surface area (Å²) in [4.78, 5) is 0. The summed E-state index contributed by atoms with van der Waals surface area (Å²) in [7, 11) is -3.81. The SMILES string of the molecule is NCC1CCCCN1S(=O)(=O)Nc1c(F)cccc1Br. The van der Waals surface area contributed by atoms with E-state index in [0.29, 0.717) is 11.0 Å². The maximum absolute atomic E-state index is 13.7. The van der Waals surface area contributed by atoms with Gasteiger partial charge in [-0.25, -0.2) is 4.39 Å². The predicted octanol–water partition coefficient (Wildman–Crippen LogP) is 2.06. The minimum atomic E-state index is -3.81. The van der Waals surface area contributed by atoms with E-state index < -0.39 is 16.0 Å². The Labute approximate surface area is 126 Å². The van der Waals surface area contributed by atoms with Crippen LogP contribution in [0.25, 0.3) is 0 Å². The van der Waals surface area contributed by atoms with E-state index >= 15 is 0 Å². The van der Waals surface area contributed by atoms with Gasteiger partial charge in [-0.3, -0.25) is 4.72 Å². The molecule has 3 N–H and O–H groups in total. The van der Waals surface area contributed by atoms with Crippen LogP contribution in [0.4, 0.5) is 10.1 Å². The predicted molar refractivity (Wildman–Crippen MR) is 80.0 cm³/mol. The van der Waals surface area contributed by atoms with Gasteiger partial charge in [-0.15, -0.1) is 0 Å². The molecule has 0 aromatic heterocycles. The Bertz CT molecular complexity index is 562. The molecule has 20 heavy (non-hydrogen) atoms. The van der Waals surface area contributed by atoms with Crippen LogP contribution >= 0.6 is 15.9 Å². The third-order valence-corrected chi connectivity index (χ3v) is 5.57. The summed E-state index contributed by atoms with van der Waals surface area (Å²) in [5, 5.41) is 0. The Morgan fingerprint density at radius 1 is 1.45 bits per heavy atom. The molecular formula is C12H17BrFN3O2S. The average molecular weight is 366 g/mol. The van der Waals surface area contributed by atoms with E-state index in [1.54, 1.807) is 6.07 Å². The molecule has 2 rings (SSSR count). The third-order valence-electron chi connectivity index (χ3n) is 3.35. The lowest BCUT2D eigenvalue weighted by atomic mass is 10.1. The number of nitrogens with zero attached hydrogens (tertiary/aromatic N) is 1. The molecule has 5 nitrogen and oxygen atoms in total. The lowest BCUT2D eigenvalue weighted by Crippen LogP contribution is -2.49. The minimum absolute atomic E-state index is 0.0751. The quantitative estimate of drug-likeness (QED) is 0.857. The van der Waals surface area contributed by atoms with Crippen molar-refractivity contribution in [3.05, 3.63) is 28.5 Å². The number of anilines is 1. The summed E-state index contributed by atoms with van der Waals surface area (Å²) >= 11 is 3.15. The Kier molecular flexibility index (Phi) is 5.00. The fourth-order valence-electron chi connectivity index (χ4n) is 2.31. The van der Waals surface area contributed by atoms with Crippen molar-refractivity contribution >= 4 is 31.8 Å². The van der Waals surface area contributed by atoms with Gasteiger partial charge in [0.1, 0.15) is 5.82 Å². The highest BCUT2D eigenvalue weighted by Gasteiger charge is 2.32. The lowest BCUT2D eigenvalue weighted by molar-refractivity contribution is 0.259. The maximum atomic E-state index is 13.7. The number of halogens is 2. The van der Waals surface area contributed by atoms with E-state index in [-0.39, 0.29) is 18.3 Å². The minimum Gasteiger partial charge on any atom is -0.329 e. The highest BCUT2D eigenvalue weighted by Crippen LogP contribution is 2.28. The molecule has 0 bridgehead atoms. The van der Waals surface area contributed by atoms with Crippen LogP contribution in [0.3, 0.4) is 0 Å². The first-order valence-corrected chi connectivity index (χ1v) is 8.62. The standard InChI is InChI=1S/C12H17BrFN3O2S/c13-10-5-3-6-11(14)12(10)16-20(18,19)17-7-2-1-4-9(17)8-15/h3,5-6,9,16H,1-2,4,7-8,15H2. The number of hydrogen-bond donors (Lipinski definition) is 2. The Morgan fingerprint density at radius 2 is 2.20 bits per heavy atom. The topological polar surface area (TPSA) is 75.4 Å². The second-order valence-corrected chi connectivity index (χ2v) is 7.18. The number of rotatable bonds is 4. The highest BCUT2D eigenvalue weighted by molar-refractivity contribution is 9.10. The van der Waals surface area contributed by atoms with Gasteiger partial charge in [-0.05, 0) is 40.9 Å². The first-order chi connectivity index (χ1) is 9.45. The fraction of sp³-hybridized carbons (Fsp3) is 0.500. The Hall–Kier alpha value is -0.700. The first-order valence-electron chi connectivity index (χ1n) is 6.39. The molecule has 1 saturated heterocycles. The van der Waals surface area contributed by atoms with Crippen molar-refractivity contribution in [3.8, 4) is 0 Å². The molecule has 1 aromatic rings. The van der Waals surface area contributed by atoms with Crippen molar-refractivity contribution in [1.29, 1.82) is 0 Å². The molecule has 1 unspecified atom stereocenters. The van der Waals surface area contributed by atoms with Crippen LogP contribution in [0.15, 0.2) is 22.7 Å². The number of piperidine rings is 1. The summed E-state index contributed by atoms with van der Waals surface area (Å²) in [6.45, 7) is 0.669. The summed E-state index contributed by atoms with van der Waals surface area (Å²) in [5.74, 6) is -0.621. The van der Waals surface area contributed by atoms with Gasteiger partial charge in [0.2, 0.25) is 0 Å². The van der Waals surface area contributed by atoms with Crippen LogP contribution in [0.5, 0.6) is 0 Å². The molecule has 1 atom stereocenters. The van der Waals surface area contributed by atoms with Crippen molar-refractivity contribution in [2.24, 2.45) is 5.73 Å². The second kappa shape index (κ2) is 6.38. The summed E-state index contributed by atoms with van der Waals surface area (Å²) < 4.78 is 42.5. The molecule has 1 heterocycles. The number of benzene rings is 1. The zero-order chi connectivity index (χ0) is 14.8. The molecule has 0 amide bonds. The van der Waals surface area contributed by atoms with Crippen LogP contribution in [-0.4, -0.2) is 31.9 Å². The van der Waals surface area contributed by atoms with Gasteiger partial charge in [0.05, 0.1) is 5.69 Å². The molecule has 0 saturated carbocycles. The number of para-hydroxylation sites is 1. The molecule has 1 fully saturated rings. The van der Waals surface area contributed by atoms with Gasteiger partial charge in [-0.1, -0.05) is 12.5 Å². The summed E-state index contributed by atoms with van der Waals surface area (Å²) in [6, 6.07) is 4.06. The monoisotopic (exact) mass is 365 g/mol. The fourth-order valence-corrected chi connectivity index (χ4v) is 4.42. The molecule has 1 aliphatic heterocycles. The van der Waals surface area contributed by atoms with Crippen molar-refractivity contribution in [3.63, 3.8) is 0 Å². The summed E-state index contributed by atoms with van der Waals surface area (Å²) in [5.41, 5.74) is 5.55. The van der Waals surface area contributed by atoms with E-state index in [9.17, 15) is 12.8 Å². The van der Waals surface area contributed by atoms with Crippen molar-refractivity contribution in [1.82, 2.24) is 4.31 Å². The van der Waals surface area contributed by atoms with Crippen LogP contribution in [0, 0.1) is 5.82 Å². The van der Waals surface area contributed by atoms with Crippen molar-refractivity contribution < 1.29 is 12.8 Å². The Balaban J connectivity index is 2.26. The van der Waals surface area contributed by atoms with Crippen molar-refractivity contribution in [2.75, 3.05) is 17.8 Å². The molecular weight excluding hydrogens is 349 g/mol. The smallest absolute Gasteiger partial charge is 0.302 e. The van der Waals surface area contributed by atoms with E-state index in [1.165, 1.54) is 16.4 Å². The number of hydrogen-bond acceptors (Lipinski definition) is 3. The van der Waals surface area contributed by atoms with Crippen LogP contribution in [-0.2, 0) is 10.2 Å². The van der Waals surface area contributed by atoms with E-state index in [1.807, 2.05) is 0 Å². The average Bonchev–Trinajstić information content (AvgIpc) is 2.43. The Morgan fingerprint density at radius 3 is 2.85 bits per heavy atom. The van der Waals surface area contributed by atoms with Crippen molar-refractivity contribution in [2.45, 2.75) is 25.3 Å². The number of nitrogens with one attached hydrogen (secondary N) is 1. The van der Waals surface area contributed by atoms with Crippen LogP contribution in [0.2, 0.25) is 0 Å². The lowest BCUT2D eigenvalue weighted by Gasteiger charge is -2.34. The van der Waals surface area contributed by atoms with E-state index in [0.717, 1.165) is 19.3 Å². The third kappa shape index (κ3) is 3.30. The van der Waals surface area contributed by atoms with Gasteiger partial charge in [0.25, 0.3) is 0 Å². The molecule has 112 valence electrons. The maximum Gasteiger partial charge on any atom is 0.302 e. The molecule has 1 aromatic carbocycles. The molecule has 0 spiro atoms. The zero-order valence-electron chi connectivity index (χ0n) is 10.9. The first kappa shape index (κ1) is 15.7. The van der Waals surface area contributed by atoms with E-state index in [4.69, 9.17) is 5.73 Å². The number of nitrogens with two attached hydrogens (primary N) is 1. The molecule has 0 aliphatic carbocycles. The van der Waals surface area contributed by atoms with E-state index in [2.05, 4.69) is 20.7 Å². The molecule has 0 radical (unpaired) electrons. The highest BCUT2D eigenvalue weighted by atomic mass is 79.9. The van der Waals surface area contributed by atoms with Gasteiger partial charge in [0.15, 0.2) is 0 Å². The molecule has 8 heteroatoms. The summed E-state index contributed by atoms with van der Waals surface area (Å²) in [6.07, 6.45) is 2.48. The second-order valence-electron chi connectivity index (χ2n) is 4.70. The normalized spacial score (nSPS) is 20.9. The van der Waals surface area contributed by atoms with Gasteiger partial charge in [-0.2, -0.15) is 12.7 Å². The van der Waals surface area contributed by atoms with Gasteiger partial charge in [0, 0.05) is 23.6 Å². The molecule has 1 aliphatic rings.